The molecule has 3 rings (SSSR count). The lowest BCUT2D eigenvalue weighted by molar-refractivity contribution is 0.597. The van der Waals surface area contributed by atoms with Crippen LogP contribution in [0.3, 0.4) is 0 Å². The van der Waals surface area contributed by atoms with E-state index in [1.807, 2.05) is 13.0 Å². The molecule has 1 aliphatic carbocycles. The van der Waals surface area contributed by atoms with Crippen molar-refractivity contribution >= 4 is 21.0 Å². The van der Waals surface area contributed by atoms with Crippen LogP contribution in [0.25, 0.3) is 5.52 Å². The van der Waals surface area contributed by atoms with Gasteiger partial charge in [0.05, 0.1) is 11.2 Å². The van der Waals surface area contributed by atoms with Crippen LogP contribution in [-0.2, 0) is 22.7 Å². The molecule has 2 N–H and O–H groups in total. The summed E-state index contributed by atoms with van der Waals surface area (Å²) in [5.74, 6) is 0. The molecule has 0 saturated heterocycles. The molecular weight excluding hydrogens is 250 g/mol. The van der Waals surface area contributed by atoms with Gasteiger partial charge in [-0.15, -0.1) is 0 Å². The summed E-state index contributed by atoms with van der Waals surface area (Å²) < 4.78 is 25.0. The van der Waals surface area contributed by atoms with Crippen molar-refractivity contribution in [2.75, 3.05) is 12.0 Å². The predicted octanol–water partition coefficient (Wildman–Crippen LogP) is 1.12. The quantitative estimate of drug-likeness (QED) is 0.838. The number of nitrogen functional groups attached to an aromatic ring is 1. The number of aromatic nitrogens is 2. The van der Waals surface area contributed by atoms with E-state index in [2.05, 4.69) is 5.10 Å². The minimum absolute atomic E-state index is 0.0119. The predicted molar refractivity (Wildman–Crippen MR) is 69.5 cm³/mol. The van der Waals surface area contributed by atoms with E-state index in [-0.39, 0.29) is 10.7 Å². The fourth-order valence-electron chi connectivity index (χ4n) is 2.72. The van der Waals surface area contributed by atoms with E-state index in [1.54, 1.807) is 4.52 Å². The highest BCUT2D eigenvalue weighted by molar-refractivity contribution is 7.90. The second-order valence-corrected chi connectivity index (χ2v) is 6.83. The summed E-state index contributed by atoms with van der Waals surface area (Å²) >= 11 is 0. The molecule has 18 heavy (non-hydrogen) atoms. The van der Waals surface area contributed by atoms with Gasteiger partial charge in [0.1, 0.15) is 0 Å². The van der Waals surface area contributed by atoms with Crippen LogP contribution >= 0.6 is 0 Å². The van der Waals surface area contributed by atoms with Gasteiger partial charge in [0, 0.05) is 11.9 Å². The van der Waals surface area contributed by atoms with Crippen LogP contribution in [0.4, 0.5) is 5.69 Å². The molecular formula is C12H15N3O2S. The number of sulfone groups is 1. The summed E-state index contributed by atoms with van der Waals surface area (Å²) in [4.78, 5) is 0. The SMILES string of the molecule is Cc1cc2c(N)c(S(C)(=O)=O)nn2c2c1CCC2. The third-order valence-electron chi connectivity index (χ3n) is 3.55. The van der Waals surface area contributed by atoms with Gasteiger partial charge < -0.3 is 5.73 Å². The monoisotopic (exact) mass is 265 g/mol. The van der Waals surface area contributed by atoms with Gasteiger partial charge in [-0.05, 0) is 43.4 Å². The second-order valence-electron chi connectivity index (χ2n) is 4.89. The summed E-state index contributed by atoms with van der Waals surface area (Å²) in [6, 6.07) is 1.93. The Bertz CT molecular complexity index is 759. The van der Waals surface area contributed by atoms with E-state index < -0.39 is 9.84 Å². The van der Waals surface area contributed by atoms with E-state index in [0.29, 0.717) is 5.52 Å². The number of hydrogen-bond donors (Lipinski definition) is 1. The van der Waals surface area contributed by atoms with Gasteiger partial charge in [-0.3, -0.25) is 0 Å². The number of anilines is 1. The number of hydrogen-bond acceptors (Lipinski definition) is 4. The molecule has 2 heterocycles. The van der Waals surface area contributed by atoms with E-state index >= 15 is 0 Å². The van der Waals surface area contributed by atoms with Crippen LogP contribution in [0.15, 0.2) is 11.1 Å². The van der Waals surface area contributed by atoms with Crippen LogP contribution in [0.1, 0.15) is 23.2 Å². The first kappa shape index (κ1) is 11.5. The Morgan fingerprint density at radius 3 is 2.78 bits per heavy atom. The normalized spacial score (nSPS) is 15.2. The fourth-order valence-corrected chi connectivity index (χ4v) is 3.45. The smallest absolute Gasteiger partial charge is 0.200 e. The Hall–Kier alpha value is -1.56. The molecule has 6 heteroatoms. The molecule has 0 fully saturated rings. The van der Waals surface area contributed by atoms with Crippen molar-refractivity contribution in [3.63, 3.8) is 0 Å². The number of nitrogens with zero attached hydrogens (tertiary/aromatic N) is 2. The van der Waals surface area contributed by atoms with Crippen molar-refractivity contribution in [2.24, 2.45) is 0 Å². The third-order valence-corrected chi connectivity index (χ3v) is 4.55. The van der Waals surface area contributed by atoms with E-state index in [4.69, 9.17) is 5.73 Å². The summed E-state index contributed by atoms with van der Waals surface area (Å²) in [5.41, 5.74) is 10.4. The Labute approximate surface area is 106 Å². The molecule has 0 aromatic carbocycles. The van der Waals surface area contributed by atoms with Crippen LogP contribution in [-0.4, -0.2) is 24.3 Å². The van der Waals surface area contributed by atoms with Gasteiger partial charge in [0.15, 0.2) is 9.84 Å². The Kier molecular flexibility index (Phi) is 2.22. The van der Waals surface area contributed by atoms with Crippen LogP contribution in [0, 0.1) is 6.92 Å². The largest absolute Gasteiger partial charge is 0.395 e. The highest BCUT2D eigenvalue weighted by Gasteiger charge is 2.24. The molecule has 0 spiro atoms. The fraction of sp³-hybridized carbons (Fsp3) is 0.417. The molecule has 5 nitrogen and oxygen atoms in total. The van der Waals surface area contributed by atoms with E-state index in [0.717, 1.165) is 31.2 Å². The first-order valence-electron chi connectivity index (χ1n) is 5.89. The highest BCUT2D eigenvalue weighted by Crippen LogP contribution is 2.31. The van der Waals surface area contributed by atoms with Gasteiger partial charge in [-0.2, -0.15) is 5.10 Å². The van der Waals surface area contributed by atoms with E-state index in [1.165, 1.54) is 11.1 Å². The van der Waals surface area contributed by atoms with Gasteiger partial charge in [-0.25, -0.2) is 12.9 Å². The molecule has 2 aromatic rings. The van der Waals surface area contributed by atoms with Crippen molar-refractivity contribution in [3.05, 3.63) is 22.9 Å². The van der Waals surface area contributed by atoms with Crippen LogP contribution in [0.2, 0.25) is 0 Å². The third kappa shape index (κ3) is 1.45. The van der Waals surface area contributed by atoms with Crippen molar-refractivity contribution in [1.29, 1.82) is 0 Å². The summed E-state index contributed by atoms with van der Waals surface area (Å²) in [6.07, 6.45) is 4.18. The van der Waals surface area contributed by atoms with Crippen molar-refractivity contribution in [3.8, 4) is 0 Å². The van der Waals surface area contributed by atoms with Crippen molar-refractivity contribution in [1.82, 2.24) is 9.61 Å². The first-order valence-corrected chi connectivity index (χ1v) is 7.78. The van der Waals surface area contributed by atoms with Crippen molar-refractivity contribution in [2.45, 2.75) is 31.2 Å². The molecule has 1 aliphatic rings. The number of rotatable bonds is 1. The molecule has 2 aromatic heterocycles. The minimum atomic E-state index is -3.38. The maximum Gasteiger partial charge on any atom is 0.200 e. The Balaban J connectivity index is 2.45. The number of aryl methyl sites for hydroxylation is 2. The number of fused-ring (bicyclic) bond motifs is 3. The molecule has 0 aliphatic heterocycles. The average Bonchev–Trinajstić information content (AvgIpc) is 2.83. The molecule has 96 valence electrons. The van der Waals surface area contributed by atoms with Crippen LogP contribution < -0.4 is 5.73 Å². The Morgan fingerprint density at radius 1 is 1.39 bits per heavy atom. The summed E-state index contributed by atoms with van der Waals surface area (Å²) in [7, 11) is -3.38. The standard InChI is InChI=1S/C12H15N3O2S/c1-7-6-10-11(13)12(18(2,16)17)14-15(10)9-5-3-4-8(7)9/h6H,3-5,13H2,1-2H3. The zero-order valence-corrected chi connectivity index (χ0v) is 11.2. The zero-order valence-electron chi connectivity index (χ0n) is 10.4. The zero-order chi connectivity index (χ0) is 13.1. The topological polar surface area (TPSA) is 77.5 Å². The minimum Gasteiger partial charge on any atom is -0.395 e. The first-order chi connectivity index (χ1) is 8.39. The number of pyridine rings is 1. The molecule has 0 amide bonds. The lowest BCUT2D eigenvalue weighted by atomic mass is 10.1. The number of nitrogens with two attached hydrogens (primary N) is 1. The molecule has 0 radical (unpaired) electrons. The highest BCUT2D eigenvalue weighted by atomic mass is 32.2. The maximum atomic E-state index is 11.7. The summed E-state index contributed by atoms with van der Waals surface area (Å²) in [5, 5.41) is 4.19. The molecule has 0 bridgehead atoms. The average molecular weight is 265 g/mol. The van der Waals surface area contributed by atoms with E-state index in [9.17, 15) is 8.42 Å². The molecule has 0 atom stereocenters. The van der Waals surface area contributed by atoms with Crippen LogP contribution in [0.5, 0.6) is 0 Å². The van der Waals surface area contributed by atoms with Gasteiger partial charge in [0.25, 0.3) is 0 Å². The van der Waals surface area contributed by atoms with Gasteiger partial charge in [0.2, 0.25) is 5.03 Å². The Morgan fingerprint density at radius 2 is 2.11 bits per heavy atom. The van der Waals surface area contributed by atoms with Gasteiger partial charge >= 0.3 is 0 Å². The lowest BCUT2D eigenvalue weighted by Gasteiger charge is -2.06. The second kappa shape index (κ2) is 3.47. The maximum absolute atomic E-state index is 11.7. The lowest BCUT2D eigenvalue weighted by Crippen LogP contribution is -2.02. The molecule has 0 saturated carbocycles. The molecule has 0 unspecified atom stereocenters. The van der Waals surface area contributed by atoms with Crippen molar-refractivity contribution < 1.29 is 8.42 Å². The van der Waals surface area contributed by atoms with Gasteiger partial charge in [-0.1, -0.05) is 0 Å². The summed E-state index contributed by atoms with van der Waals surface area (Å²) in [6.45, 7) is 2.04.